The van der Waals surface area contributed by atoms with Gasteiger partial charge in [-0.05, 0) is 41.5 Å². The van der Waals surface area contributed by atoms with Gasteiger partial charge in [0.25, 0.3) is 5.91 Å². The van der Waals surface area contributed by atoms with Crippen LogP contribution in [0, 0.1) is 0 Å². The molecule has 0 bridgehead atoms. The molecule has 10 N–H and O–H groups in total. The van der Waals surface area contributed by atoms with E-state index in [0.29, 0.717) is 0 Å². The molecule has 8 unspecified atom stereocenters. The second-order valence-electron chi connectivity index (χ2n) is 18.9. The van der Waals surface area contributed by atoms with Crippen molar-refractivity contribution in [1.29, 1.82) is 0 Å². The summed E-state index contributed by atoms with van der Waals surface area (Å²) in [4.78, 5) is 63.0. The summed E-state index contributed by atoms with van der Waals surface area (Å²) >= 11 is 0. The Labute approximate surface area is 417 Å². The molecular formula is C38H61N4O29S2-3. The van der Waals surface area contributed by atoms with Crippen molar-refractivity contribution < 1.29 is 137 Å². The van der Waals surface area contributed by atoms with E-state index in [-0.39, 0.29) is 0 Å². The van der Waals surface area contributed by atoms with Crippen LogP contribution in [0.3, 0.4) is 0 Å². The second kappa shape index (κ2) is 24.7. The Hall–Kier alpha value is -3.51. The summed E-state index contributed by atoms with van der Waals surface area (Å²) < 4.78 is 129. The van der Waals surface area contributed by atoms with Crippen molar-refractivity contribution in [2.45, 2.75) is 196 Å². The molecule has 0 aliphatic carbocycles. The summed E-state index contributed by atoms with van der Waals surface area (Å²) in [5.41, 5.74) is 1.71. The summed E-state index contributed by atoms with van der Waals surface area (Å²) in [7, 11) is -11.0. The lowest BCUT2D eigenvalue weighted by molar-refractivity contribution is -0.385. The predicted octanol–water partition coefficient (Wildman–Crippen LogP) is -8.91. The largest absolute Gasteiger partial charge is 0.726 e. The van der Waals surface area contributed by atoms with Crippen LogP contribution in [0.1, 0.15) is 62.3 Å². The summed E-state index contributed by atoms with van der Waals surface area (Å²) in [5, 5.41) is 86.1. The molecule has 4 saturated heterocycles. The zero-order valence-corrected chi connectivity index (χ0v) is 42.0. The van der Waals surface area contributed by atoms with Gasteiger partial charge in [-0.2, -0.15) is 0 Å². The molecule has 4 fully saturated rings. The Kier molecular flexibility index (Phi) is 20.9. The van der Waals surface area contributed by atoms with Crippen LogP contribution in [0.4, 0.5) is 0 Å². The monoisotopic (exact) mass is 1100 g/mol. The first-order valence-corrected chi connectivity index (χ1v) is 24.6. The highest BCUT2D eigenvalue weighted by Gasteiger charge is 2.58. The van der Waals surface area contributed by atoms with Crippen LogP contribution in [0.5, 0.6) is 0 Å². The van der Waals surface area contributed by atoms with Gasteiger partial charge >= 0.3 is 0 Å². The Bertz CT molecular complexity index is 2160. The van der Waals surface area contributed by atoms with E-state index < -0.39 is 198 Å². The minimum Gasteiger partial charge on any atom is -0.726 e. The molecule has 33 nitrogen and oxygen atoms in total. The lowest BCUT2D eigenvalue weighted by Gasteiger charge is -2.51. The number of hydrogen-bond donors (Lipinski definition) is 10. The second-order valence-corrected chi connectivity index (χ2v) is 21.0. The van der Waals surface area contributed by atoms with Crippen LogP contribution in [0.25, 0.3) is 0 Å². The number of aliphatic carboxylic acids is 1. The summed E-state index contributed by atoms with van der Waals surface area (Å²) in [5.74, 6) is -6.06. The number of aliphatic hydroxyl groups excluding tert-OH is 6. The van der Waals surface area contributed by atoms with Gasteiger partial charge in [-0.15, -0.1) is 0 Å². The molecule has 20 atom stereocenters. The standard InChI is InChI=1S/C38H64N4O29S2/c1-12(43)39-17-25(65-35-24(51)22(49)28(70-37(4,5)6)29(68-35)31(52)42-41-14(3)45)19(46)15(10-61-72(55,56)57)63-33(17)67-27-21(48)23(50)36(69-30(27)32(53)54)66-26-18(40-13(2)44)34(71-38(7,8)9)64-16(20(26)47)11-62-73(58,59)60/h15-30,33-36,46-51H,10-11H2,1-9H3,(H,39,43)(H,40,44)(H,41,45)(H,42,52)(H,53,54)(H,55,56,57)(H,58,59,60)/p-3/t15?,16?,17?,18?,19-,20-,21+,22+,23?,24?,25+,26+,27+,28+,29?,30?,33-,34-,35+,36+/m0/s1. The number of hydrogen-bond acceptors (Lipinski definition) is 29. The van der Waals surface area contributed by atoms with Crippen LogP contribution in [-0.4, -0.2) is 233 Å². The third-order valence-corrected chi connectivity index (χ3v) is 11.5. The minimum absolute atomic E-state index is 0.773. The lowest BCUT2D eigenvalue weighted by Crippen LogP contribution is -2.71. The van der Waals surface area contributed by atoms with E-state index in [9.17, 15) is 85.7 Å². The van der Waals surface area contributed by atoms with Crippen molar-refractivity contribution in [1.82, 2.24) is 21.5 Å². The zero-order chi connectivity index (χ0) is 55.5. The topological polar surface area (TPSA) is 494 Å². The number of carbonyl (C=O) groups is 5. The summed E-state index contributed by atoms with van der Waals surface area (Å²) in [6.07, 6.45) is -39.5. The van der Waals surface area contributed by atoms with E-state index in [1.165, 1.54) is 41.5 Å². The van der Waals surface area contributed by atoms with E-state index in [4.69, 9.17) is 42.6 Å². The molecule has 0 aromatic carbocycles. The number of carboxylic acids is 1. The third-order valence-electron chi connectivity index (χ3n) is 10.6. The molecule has 0 radical (unpaired) electrons. The number of rotatable bonds is 18. The maximum absolute atomic E-state index is 13.3. The van der Waals surface area contributed by atoms with Crippen molar-refractivity contribution >= 4 is 50.4 Å². The Morgan fingerprint density at radius 2 is 0.904 bits per heavy atom. The number of carboxylic acid groups (broad SMARTS) is 1. The SMILES string of the molecule is CC(=O)NNC(=O)C1O[C@@H](O[C@@H]2C(NC(C)=O)[C@H](O[C@H]3C(C(=O)[O-])O[C@@H](O[C@@H]4C(NC(C)=O)[C@H](OC(C)(C)C)OC(COS(=O)(=O)[O-])[C@@H]4O)C(O)[C@H]3O)OC(COS(=O)(=O)[O-])[C@@H]2O)C(O)[C@@H](O)[C@H]1OC(C)(C)C. The number of aliphatic hydroxyl groups is 6. The normalized spacial score (nSPS) is 37.7. The third kappa shape index (κ3) is 17.5. The van der Waals surface area contributed by atoms with Crippen LogP contribution in [0.15, 0.2) is 0 Å². The van der Waals surface area contributed by atoms with Crippen molar-refractivity contribution in [2.24, 2.45) is 0 Å². The first-order chi connectivity index (χ1) is 33.4. The average molecular weight is 1100 g/mol. The molecule has 35 heteroatoms. The van der Waals surface area contributed by atoms with Crippen LogP contribution in [0.2, 0.25) is 0 Å². The molecule has 0 aromatic rings. The van der Waals surface area contributed by atoms with Gasteiger partial charge in [0, 0.05) is 20.8 Å². The Morgan fingerprint density at radius 3 is 1.30 bits per heavy atom. The molecule has 4 amide bonds. The number of ether oxygens (including phenoxy) is 9. The highest BCUT2D eigenvalue weighted by atomic mass is 32.3. The van der Waals surface area contributed by atoms with Crippen molar-refractivity contribution in [3.8, 4) is 0 Å². The van der Waals surface area contributed by atoms with Crippen molar-refractivity contribution in [3.05, 3.63) is 0 Å². The fourth-order valence-corrected chi connectivity index (χ4v) is 8.35. The maximum Gasteiger partial charge on any atom is 0.270 e. The minimum atomic E-state index is -5.61. The van der Waals surface area contributed by atoms with Gasteiger partial charge in [0.1, 0.15) is 91.4 Å². The number of amides is 4. The van der Waals surface area contributed by atoms with Gasteiger partial charge in [-0.1, -0.05) is 0 Å². The van der Waals surface area contributed by atoms with Crippen LogP contribution in [-0.2, 0) is 95.8 Å². The molecule has 0 saturated carbocycles. The Balaban J connectivity index is 1.74. The molecule has 73 heavy (non-hydrogen) atoms. The van der Waals surface area contributed by atoms with E-state index in [1.807, 2.05) is 10.9 Å². The van der Waals surface area contributed by atoms with Gasteiger partial charge in [0.2, 0.25) is 38.5 Å². The fourth-order valence-electron chi connectivity index (χ4n) is 7.75. The maximum atomic E-state index is 13.3. The van der Waals surface area contributed by atoms with Gasteiger partial charge in [-0.25, -0.2) is 16.8 Å². The number of hydrazine groups is 1. The fraction of sp³-hybridized carbons (Fsp3) is 0.868. The van der Waals surface area contributed by atoms with Gasteiger partial charge in [0.15, 0.2) is 31.3 Å². The molecule has 4 aliphatic rings. The number of nitrogens with one attached hydrogen (secondary N) is 4. The molecule has 4 heterocycles. The van der Waals surface area contributed by atoms with Crippen LogP contribution < -0.4 is 26.6 Å². The quantitative estimate of drug-likeness (QED) is 0.0346. The van der Waals surface area contributed by atoms with Crippen molar-refractivity contribution in [2.75, 3.05) is 13.2 Å². The van der Waals surface area contributed by atoms with E-state index in [0.717, 1.165) is 20.8 Å². The van der Waals surface area contributed by atoms with E-state index in [2.05, 4.69) is 19.0 Å². The molecule has 0 spiro atoms. The van der Waals surface area contributed by atoms with Crippen LogP contribution >= 0.6 is 0 Å². The average Bonchev–Trinajstić information content (AvgIpc) is 3.23. The molecule has 4 aliphatic heterocycles. The van der Waals surface area contributed by atoms with E-state index in [1.54, 1.807) is 0 Å². The summed E-state index contributed by atoms with van der Waals surface area (Å²) in [6, 6.07) is -3.69. The first kappa shape index (κ1) is 62.0. The molecule has 0 aromatic heterocycles. The smallest absolute Gasteiger partial charge is 0.270 e. The zero-order valence-electron chi connectivity index (χ0n) is 40.4. The highest BCUT2D eigenvalue weighted by molar-refractivity contribution is 7.81. The van der Waals surface area contributed by atoms with Gasteiger partial charge in [-0.3, -0.25) is 38.4 Å². The molecule has 422 valence electrons. The summed E-state index contributed by atoms with van der Waals surface area (Å²) in [6.45, 7) is 9.37. The van der Waals surface area contributed by atoms with E-state index >= 15 is 0 Å². The highest BCUT2D eigenvalue weighted by Crippen LogP contribution is 2.36. The molecule has 4 rings (SSSR count). The number of carbonyl (C=O) groups excluding carboxylic acids is 5. The predicted molar refractivity (Wildman–Crippen MR) is 224 cm³/mol. The Morgan fingerprint density at radius 1 is 0.507 bits per heavy atom. The molecular weight excluding hydrogens is 1040 g/mol. The van der Waals surface area contributed by atoms with Gasteiger partial charge in [0.05, 0.1) is 30.4 Å². The lowest BCUT2D eigenvalue weighted by atomic mass is 9.93. The first-order valence-electron chi connectivity index (χ1n) is 21.9. The van der Waals surface area contributed by atoms with Crippen molar-refractivity contribution in [3.63, 3.8) is 0 Å². The van der Waals surface area contributed by atoms with Gasteiger partial charge < -0.3 is 103 Å².